The van der Waals surface area contributed by atoms with Crippen LogP contribution < -0.4 is 5.32 Å². The van der Waals surface area contributed by atoms with E-state index in [2.05, 4.69) is 24.4 Å². The summed E-state index contributed by atoms with van der Waals surface area (Å²) in [4.78, 5) is 0. The Morgan fingerprint density at radius 2 is 1.89 bits per heavy atom. The number of hydrogen-bond acceptors (Lipinski definition) is 2. The highest BCUT2D eigenvalue weighted by atomic mass is 19.1. The van der Waals surface area contributed by atoms with Crippen molar-refractivity contribution < 1.29 is 4.39 Å². The number of benzene rings is 2. The standard InChI is InChI=1S/C16H15FN2/c1-12-3-2-4-13(5-12)10-19-11-15-6-14(9-18)7-16(17)8-15/h2-8,19H,10-11H2,1H3. The summed E-state index contributed by atoms with van der Waals surface area (Å²) in [5.74, 6) is -0.369. The summed E-state index contributed by atoms with van der Waals surface area (Å²) < 4.78 is 13.2. The van der Waals surface area contributed by atoms with E-state index < -0.39 is 0 Å². The molecule has 2 nitrogen and oxygen atoms in total. The first-order chi connectivity index (χ1) is 9.17. The maximum absolute atomic E-state index is 13.2. The Labute approximate surface area is 112 Å². The van der Waals surface area contributed by atoms with Crippen molar-refractivity contribution in [1.82, 2.24) is 5.32 Å². The number of nitrogens with zero attached hydrogens (tertiary/aromatic N) is 1. The van der Waals surface area contributed by atoms with Gasteiger partial charge in [0.1, 0.15) is 5.82 Å². The van der Waals surface area contributed by atoms with Crippen molar-refractivity contribution in [2.45, 2.75) is 20.0 Å². The Balaban J connectivity index is 1.96. The van der Waals surface area contributed by atoms with Crippen LogP contribution in [0.25, 0.3) is 0 Å². The minimum absolute atomic E-state index is 0.354. The first kappa shape index (κ1) is 13.3. The maximum Gasteiger partial charge on any atom is 0.124 e. The first-order valence-corrected chi connectivity index (χ1v) is 6.13. The lowest BCUT2D eigenvalue weighted by atomic mass is 10.1. The Bertz CT molecular complexity index is 614. The molecule has 0 unspecified atom stereocenters. The van der Waals surface area contributed by atoms with E-state index in [9.17, 15) is 4.39 Å². The summed E-state index contributed by atoms with van der Waals surface area (Å²) in [5, 5.41) is 12.0. The van der Waals surface area contributed by atoms with Crippen LogP contribution in [0, 0.1) is 24.1 Å². The average molecular weight is 254 g/mol. The lowest BCUT2D eigenvalue weighted by molar-refractivity contribution is 0.619. The molecule has 0 bridgehead atoms. The molecule has 0 saturated carbocycles. The van der Waals surface area contributed by atoms with Gasteiger partial charge in [-0.25, -0.2) is 4.39 Å². The fraction of sp³-hybridized carbons (Fsp3) is 0.188. The summed E-state index contributed by atoms with van der Waals surface area (Å²) in [6.45, 7) is 3.32. The van der Waals surface area contributed by atoms with Gasteiger partial charge in [0, 0.05) is 13.1 Å². The topological polar surface area (TPSA) is 35.8 Å². The predicted molar refractivity (Wildman–Crippen MR) is 72.8 cm³/mol. The molecule has 19 heavy (non-hydrogen) atoms. The minimum Gasteiger partial charge on any atom is -0.309 e. The molecule has 0 fully saturated rings. The molecule has 0 heterocycles. The van der Waals surface area contributed by atoms with Gasteiger partial charge in [0.05, 0.1) is 11.6 Å². The molecule has 0 aliphatic rings. The molecule has 1 N–H and O–H groups in total. The zero-order valence-electron chi connectivity index (χ0n) is 10.8. The normalized spacial score (nSPS) is 10.2. The molecule has 0 aliphatic carbocycles. The van der Waals surface area contributed by atoms with Gasteiger partial charge in [-0.3, -0.25) is 0 Å². The number of nitrogens with one attached hydrogen (secondary N) is 1. The SMILES string of the molecule is Cc1cccc(CNCc2cc(F)cc(C#N)c2)c1. The third-order valence-corrected chi connectivity index (χ3v) is 2.83. The molecule has 96 valence electrons. The fourth-order valence-corrected chi connectivity index (χ4v) is 1.99. The largest absolute Gasteiger partial charge is 0.309 e. The number of aryl methyl sites for hydroxylation is 1. The lowest BCUT2D eigenvalue weighted by Gasteiger charge is -2.06. The molecule has 0 radical (unpaired) electrons. The smallest absolute Gasteiger partial charge is 0.124 e. The summed E-state index contributed by atoms with van der Waals surface area (Å²) in [6.07, 6.45) is 0. The van der Waals surface area contributed by atoms with Crippen LogP contribution in [0.15, 0.2) is 42.5 Å². The van der Waals surface area contributed by atoms with Gasteiger partial charge in [-0.15, -0.1) is 0 Å². The minimum atomic E-state index is -0.369. The van der Waals surface area contributed by atoms with Gasteiger partial charge in [0.15, 0.2) is 0 Å². The van der Waals surface area contributed by atoms with E-state index >= 15 is 0 Å². The molecule has 0 amide bonds. The van der Waals surface area contributed by atoms with E-state index in [0.29, 0.717) is 12.1 Å². The number of halogens is 1. The molecule has 0 aromatic heterocycles. The van der Waals surface area contributed by atoms with E-state index in [0.717, 1.165) is 12.1 Å². The van der Waals surface area contributed by atoms with Gasteiger partial charge in [0.25, 0.3) is 0 Å². The summed E-state index contributed by atoms with van der Waals surface area (Å²) in [6, 6.07) is 14.6. The predicted octanol–water partition coefficient (Wildman–Crippen LogP) is 3.30. The van der Waals surface area contributed by atoms with Gasteiger partial charge in [-0.2, -0.15) is 5.26 Å². The van der Waals surface area contributed by atoms with E-state index in [-0.39, 0.29) is 5.82 Å². The van der Waals surface area contributed by atoms with Crippen LogP contribution in [-0.2, 0) is 13.1 Å². The van der Waals surface area contributed by atoms with Crippen LogP contribution in [0.3, 0.4) is 0 Å². The fourth-order valence-electron chi connectivity index (χ4n) is 1.99. The third kappa shape index (κ3) is 3.90. The van der Waals surface area contributed by atoms with Gasteiger partial charge in [-0.1, -0.05) is 29.8 Å². The van der Waals surface area contributed by atoms with Gasteiger partial charge < -0.3 is 5.32 Å². The monoisotopic (exact) mass is 254 g/mol. The van der Waals surface area contributed by atoms with Crippen molar-refractivity contribution >= 4 is 0 Å². The van der Waals surface area contributed by atoms with E-state index in [4.69, 9.17) is 5.26 Å². The molecule has 0 atom stereocenters. The Kier molecular flexibility index (Phi) is 4.27. The highest BCUT2D eigenvalue weighted by Crippen LogP contribution is 2.09. The van der Waals surface area contributed by atoms with Crippen molar-refractivity contribution in [3.63, 3.8) is 0 Å². The Hall–Kier alpha value is -2.18. The number of nitriles is 1. The van der Waals surface area contributed by atoms with Gasteiger partial charge in [0.2, 0.25) is 0 Å². The molecule has 0 saturated heterocycles. The van der Waals surface area contributed by atoms with Crippen molar-refractivity contribution in [3.8, 4) is 6.07 Å². The van der Waals surface area contributed by atoms with Crippen molar-refractivity contribution in [3.05, 3.63) is 70.5 Å². The molecule has 2 aromatic carbocycles. The van der Waals surface area contributed by atoms with Crippen molar-refractivity contribution in [2.24, 2.45) is 0 Å². The van der Waals surface area contributed by atoms with Gasteiger partial charge in [-0.05, 0) is 36.2 Å². The Morgan fingerprint density at radius 3 is 2.63 bits per heavy atom. The Morgan fingerprint density at radius 1 is 1.11 bits per heavy atom. The van der Waals surface area contributed by atoms with Crippen LogP contribution in [0.1, 0.15) is 22.3 Å². The molecule has 2 rings (SSSR count). The molecule has 3 heteroatoms. The van der Waals surface area contributed by atoms with Crippen molar-refractivity contribution in [2.75, 3.05) is 0 Å². The molecular weight excluding hydrogens is 239 g/mol. The number of hydrogen-bond donors (Lipinski definition) is 1. The highest BCUT2D eigenvalue weighted by Gasteiger charge is 2.00. The van der Waals surface area contributed by atoms with Crippen LogP contribution in [0.5, 0.6) is 0 Å². The summed E-state index contributed by atoms with van der Waals surface area (Å²) in [5.41, 5.74) is 3.55. The van der Waals surface area contributed by atoms with Crippen molar-refractivity contribution in [1.29, 1.82) is 5.26 Å². The maximum atomic E-state index is 13.2. The third-order valence-electron chi connectivity index (χ3n) is 2.83. The second-order valence-corrected chi connectivity index (χ2v) is 4.55. The zero-order chi connectivity index (χ0) is 13.7. The van der Waals surface area contributed by atoms with E-state index in [1.807, 2.05) is 18.2 Å². The average Bonchev–Trinajstić information content (AvgIpc) is 2.38. The molecular formula is C16H15FN2. The van der Waals surface area contributed by atoms with E-state index in [1.54, 1.807) is 6.07 Å². The zero-order valence-corrected chi connectivity index (χ0v) is 10.8. The second-order valence-electron chi connectivity index (χ2n) is 4.55. The van der Waals surface area contributed by atoms with Gasteiger partial charge >= 0.3 is 0 Å². The first-order valence-electron chi connectivity index (χ1n) is 6.13. The summed E-state index contributed by atoms with van der Waals surface area (Å²) >= 11 is 0. The number of rotatable bonds is 4. The van der Waals surface area contributed by atoms with Crippen LogP contribution in [0.4, 0.5) is 4.39 Å². The quantitative estimate of drug-likeness (QED) is 0.908. The molecule has 0 spiro atoms. The molecule has 2 aromatic rings. The molecule has 0 aliphatic heterocycles. The van der Waals surface area contributed by atoms with Crippen LogP contribution in [0.2, 0.25) is 0 Å². The van der Waals surface area contributed by atoms with Crippen LogP contribution >= 0.6 is 0 Å². The second kappa shape index (κ2) is 6.12. The lowest BCUT2D eigenvalue weighted by Crippen LogP contribution is -2.13. The highest BCUT2D eigenvalue weighted by molar-refractivity contribution is 5.33. The van der Waals surface area contributed by atoms with E-state index in [1.165, 1.54) is 23.3 Å². The summed E-state index contributed by atoms with van der Waals surface area (Å²) in [7, 11) is 0. The van der Waals surface area contributed by atoms with Crippen LogP contribution in [-0.4, -0.2) is 0 Å².